The van der Waals surface area contributed by atoms with Crippen LogP contribution in [0.25, 0.3) is 0 Å². The van der Waals surface area contributed by atoms with Crippen LogP contribution in [-0.2, 0) is 6.42 Å². The Morgan fingerprint density at radius 2 is 2.07 bits per heavy atom. The summed E-state index contributed by atoms with van der Waals surface area (Å²) in [6.45, 7) is 2.51. The average molecular weight is 195 g/mol. The molecule has 0 heterocycles. The molecule has 78 valence electrons. The average Bonchev–Trinajstić information content (AvgIpc) is 2.17. The first-order valence-corrected chi connectivity index (χ1v) is 4.82. The van der Waals surface area contributed by atoms with Gasteiger partial charge in [0.1, 0.15) is 5.75 Å². The number of rotatable bonds is 4. The molecule has 0 amide bonds. The first-order chi connectivity index (χ1) is 6.67. The number of aliphatic hydroxyl groups is 1. The first-order valence-electron chi connectivity index (χ1n) is 4.82. The molecule has 1 aromatic rings. The number of phenols is 1. The number of benzene rings is 1. The van der Waals surface area contributed by atoms with E-state index in [1.165, 1.54) is 0 Å². The number of likely N-dealkylation sites (N-methyl/N-ethyl adjacent to an activating group) is 1. The molecule has 14 heavy (non-hydrogen) atoms. The molecule has 0 bridgehead atoms. The summed E-state index contributed by atoms with van der Waals surface area (Å²) in [6, 6.07) is 5.23. The van der Waals surface area contributed by atoms with Crippen molar-refractivity contribution < 1.29 is 10.2 Å². The minimum absolute atomic E-state index is 0.217. The van der Waals surface area contributed by atoms with Gasteiger partial charge in [0.05, 0.1) is 6.10 Å². The largest absolute Gasteiger partial charge is 0.508 e. The molecule has 0 spiro atoms. The van der Waals surface area contributed by atoms with Crippen molar-refractivity contribution in [3.63, 3.8) is 0 Å². The van der Waals surface area contributed by atoms with Gasteiger partial charge in [0, 0.05) is 6.54 Å². The Bertz CT molecular complexity index is 299. The van der Waals surface area contributed by atoms with Gasteiger partial charge in [-0.25, -0.2) is 0 Å². The van der Waals surface area contributed by atoms with E-state index >= 15 is 0 Å². The lowest BCUT2D eigenvalue weighted by atomic mass is 10.0. The lowest BCUT2D eigenvalue weighted by Crippen LogP contribution is -2.16. The molecule has 3 N–H and O–H groups in total. The van der Waals surface area contributed by atoms with Gasteiger partial charge in [0.15, 0.2) is 0 Å². The predicted octanol–water partition coefficient (Wildman–Crippen LogP) is 1.21. The lowest BCUT2D eigenvalue weighted by molar-refractivity contribution is 0.177. The van der Waals surface area contributed by atoms with Crippen LogP contribution in [0.4, 0.5) is 0 Å². The molecule has 0 aliphatic heterocycles. The standard InChI is InChI=1S/C11H17NO2/c1-3-8-4-9(6-10(13)5-8)11(14)7-12-2/h4-6,11-14H,3,7H2,1-2H3. The Hall–Kier alpha value is -1.06. The fourth-order valence-electron chi connectivity index (χ4n) is 1.41. The second kappa shape index (κ2) is 4.98. The Morgan fingerprint density at radius 3 is 2.64 bits per heavy atom. The molecule has 1 atom stereocenters. The third kappa shape index (κ3) is 2.72. The number of aromatic hydroxyl groups is 1. The summed E-state index contributed by atoms with van der Waals surface area (Å²) in [5, 5.41) is 22.0. The van der Waals surface area contributed by atoms with Crippen molar-refractivity contribution in [2.24, 2.45) is 0 Å². The Kier molecular flexibility index (Phi) is 3.92. The Morgan fingerprint density at radius 1 is 1.36 bits per heavy atom. The molecule has 0 fully saturated rings. The van der Waals surface area contributed by atoms with Gasteiger partial charge in [0.2, 0.25) is 0 Å². The summed E-state index contributed by atoms with van der Waals surface area (Å²) in [4.78, 5) is 0. The van der Waals surface area contributed by atoms with Crippen LogP contribution in [-0.4, -0.2) is 23.8 Å². The molecule has 0 aliphatic carbocycles. The zero-order valence-corrected chi connectivity index (χ0v) is 8.62. The van der Waals surface area contributed by atoms with Gasteiger partial charge < -0.3 is 15.5 Å². The van der Waals surface area contributed by atoms with Crippen molar-refractivity contribution in [1.29, 1.82) is 0 Å². The summed E-state index contributed by atoms with van der Waals surface area (Å²) in [5.41, 5.74) is 1.80. The summed E-state index contributed by atoms with van der Waals surface area (Å²) in [6.07, 6.45) is 0.297. The summed E-state index contributed by atoms with van der Waals surface area (Å²) in [7, 11) is 1.78. The maximum Gasteiger partial charge on any atom is 0.116 e. The minimum atomic E-state index is -0.558. The van der Waals surface area contributed by atoms with Crippen molar-refractivity contribution in [2.75, 3.05) is 13.6 Å². The quantitative estimate of drug-likeness (QED) is 0.677. The van der Waals surface area contributed by atoms with Gasteiger partial charge in [0.25, 0.3) is 0 Å². The van der Waals surface area contributed by atoms with E-state index in [1.807, 2.05) is 13.0 Å². The highest BCUT2D eigenvalue weighted by atomic mass is 16.3. The minimum Gasteiger partial charge on any atom is -0.508 e. The van der Waals surface area contributed by atoms with Crippen molar-refractivity contribution in [2.45, 2.75) is 19.4 Å². The summed E-state index contributed by atoms with van der Waals surface area (Å²) < 4.78 is 0. The number of aryl methyl sites for hydroxylation is 1. The van der Waals surface area contributed by atoms with Gasteiger partial charge in [-0.05, 0) is 36.7 Å². The molecular weight excluding hydrogens is 178 g/mol. The number of hydrogen-bond donors (Lipinski definition) is 3. The van der Waals surface area contributed by atoms with Crippen molar-refractivity contribution in [3.8, 4) is 5.75 Å². The molecule has 3 nitrogen and oxygen atoms in total. The van der Waals surface area contributed by atoms with Gasteiger partial charge >= 0.3 is 0 Å². The van der Waals surface area contributed by atoms with Crippen LogP contribution in [0.5, 0.6) is 5.75 Å². The van der Waals surface area contributed by atoms with Crippen LogP contribution >= 0.6 is 0 Å². The summed E-state index contributed by atoms with van der Waals surface area (Å²) >= 11 is 0. The zero-order valence-electron chi connectivity index (χ0n) is 8.62. The third-order valence-electron chi connectivity index (χ3n) is 2.19. The molecule has 3 heteroatoms. The van der Waals surface area contributed by atoms with E-state index in [-0.39, 0.29) is 5.75 Å². The van der Waals surface area contributed by atoms with Gasteiger partial charge in [-0.2, -0.15) is 0 Å². The molecule has 1 aromatic carbocycles. The fraction of sp³-hybridized carbons (Fsp3) is 0.455. The van der Waals surface area contributed by atoms with Crippen LogP contribution in [0.1, 0.15) is 24.2 Å². The fourth-order valence-corrected chi connectivity index (χ4v) is 1.41. The van der Waals surface area contributed by atoms with E-state index in [2.05, 4.69) is 5.32 Å². The topological polar surface area (TPSA) is 52.5 Å². The maximum absolute atomic E-state index is 9.69. The van der Waals surface area contributed by atoms with E-state index in [1.54, 1.807) is 19.2 Å². The van der Waals surface area contributed by atoms with Crippen molar-refractivity contribution in [3.05, 3.63) is 29.3 Å². The van der Waals surface area contributed by atoms with Crippen molar-refractivity contribution in [1.82, 2.24) is 5.32 Å². The lowest BCUT2D eigenvalue weighted by Gasteiger charge is -2.12. The monoisotopic (exact) mass is 195 g/mol. The Balaban J connectivity index is 2.90. The van der Waals surface area contributed by atoms with Crippen LogP contribution in [0, 0.1) is 0 Å². The number of nitrogens with one attached hydrogen (secondary N) is 1. The van der Waals surface area contributed by atoms with E-state index in [0.717, 1.165) is 17.5 Å². The van der Waals surface area contributed by atoms with Crippen LogP contribution in [0.15, 0.2) is 18.2 Å². The van der Waals surface area contributed by atoms with E-state index in [0.29, 0.717) is 6.54 Å². The highest BCUT2D eigenvalue weighted by Crippen LogP contribution is 2.21. The van der Waals surface area contributed by atoms with Gasteiger partial charge in [-0.15, -0.1) is 0 Å². The molecule has 1 rings (SSSR count). The van der Waals surface area contributed by atoms with E-state index in [4.69, 9.17) is 0 Å². The molecule has 0 aromatic heterocycles. The smallest absolute Gasteiger partial charge is 0.116 e. The second-order valence-corrected chi connectivity index (χ2v) is 3.36. The Labute approximate surface area is 84.4 Å². The van der Waals surface area contributed by atoms with E-state index in [9.17, 15) is 10.2 Å². The highest BCUT2D eigenvalue weighted by molar-refractivity contribution is 5.34. The molecule has 0 radical (unpaired) electrons. The SMILES string of the molecule is CCc1cc(O)cc(C(O)CNC)c1. The highest BCUT2D eigenvalue weighted by Gasteiger charge is 2.08. The van der Waals surface area contributed by atoms with Gasteiger partial charge in [-0.1, -0.05) is 13.0 Å². The first kappa shape index (κ1) is 11.0. The molecule has 0 saturated heterocycles. The zero-order chi connectivity index (χ0) is 10.6. The summed E-state index contributed by atoms with van der Waals surface area (Å²) in [5.74, 6) is 0.217. The molecular formula is C11H17NO2. The second-order valence-electron chi connectivity index (χ2n) is 3.36. The molecule has 0 aliphatic rings. The van der Waals surface area contributed by atoms with Crippen molar-refractivity contribution >= 4 is 0 Å². The maximum atomic E-state index is 9.69. The predicted molar refractivity (Wildman–Crippen MR) is 56.4 cm³/mol. The van der Waals surface area contributed by atoms with Crippen LogP contribution in [0.3, 0.4) is 0 Å². The van der Waals surface area contributed by atoms with Crippen LogP contribution < -0.4 is 5.32 Å². The molecule has 0 saturated carbocycles. The normalized spacial score (nSPS) is 12.8. The van der Waals surface area contributed by atoms with E-state index < -0.39 is 6.10 Å². The number of hydrogen-bond acceptors (Lipinski definition) is 3. The molecule has 1 unspecified atom stereocenters. The van der Waals surface area contributed by atoms with Crippen LogP contribution in [0.2, 0.25) is 0 Å². The van der Waals surface area contributed by atoms with Gasteiger partial charge in [-0.3, -0.25) is 0 Å². The number of aliphatic hydroxyl groups excluding tert-OH is 1. The third-order valence-corrected chi connectivity index (χ3v) is 2.19. The number of phenolic OH excluding ortho intramolecular Hbond substituents is 1.